The summed E-state index contributed by atoms with van der Waals surface area (Å²) in [5.74, 6) is 0.113. The number of hydrogen-bond acceptors (Lipinski definition) is 4. The predicted molar refractivity (Wildman–Crippen MR) is 118 cm³/mol. The van der Waals surface area contributed by atoms with Gasteiger partial charge in [0.15, 0.2) is 0 Å². The zero-order valence-electron chi connectivity index (χ0n) is 17.7. The average Bonchev–Trinajstić information content (AvgIpc) is 3.19. The highest BCUT2D eigenvalue weighted by molar-refractivity contribution is 7.09. The molecule has 0 unspecified atom stereocenters. The molecule has 1 saturated heterocycles. The summed E-state index contributed by atoms with van der Waals surface area (Å²) in [7, 11) is 0. The highest BCUT2D eigenvalue weighted by Gasteiger charge is 2.45. The molecule has 1 atom stereocenters. The number of amides is 2. The van der Waals surface area contributed by atoms with Crippen LogP contribution >= 0.6 is 11.3 Å². The maximum Gasteiger partial charge on any atom is 0.273 e. The summed E-state index contributed by atoms with van der Waals surface area (Å²) in [4.78, 5) is 31.9. The Morgan fingerprint density at radius 3 is 2.60 bits per heavy atom. The summed E-state index contributed by atoms with van der Waals surface area (Å²) in [5.41, 5.74) is 3.54. The first kappa shape index (κ1) is 19.7. The van der Waals surface area contributed by atoms with E-state index >= 15 is 0 Å². The molecule has 5 rings (SSSR count). The van der Waals surface area contributed by atoms with Gasteiger partial charge in [-0.05, 0) is 62.0 Å². The summed E-state index contributed by atoms with van der Waals surface area (Å²) in [6.45, 7) is 5.51. The third-order valence-electron chi connectivity index (χ3n) is 7.48. The molecule has 3 aliphatic rings. The van der Waals surface area contributed by atoms with Gasteiger partial charge in [0.25, 0.3) is 5.91 Å². The van der Waals surface area contributed by atoms with E-state index < -0.39 is 0 Å². The molecule has 1 N–H and O–H groups in total. The lowest BCUT2D eigenvalue weighted by molar-refractivity contribution is -0.126. The molecule has 1 aromatic heterocycles. The van der Waals surface area contributed by atoms with Crippen molar-refractivity contribution in [2.75, 3.05) is 13.1 Å². The van der Waals surface area contributed by atoms with Crippen LogP contribution in [0.25, 0.3) is 0 Å². The lowest BCUT2D eigenvalue weighted by Gasteiger charge is -2.40. The van der Waals surface area contributed by atoms with E-state index in [1.54, 1.807) is 0 Å². The number of rotatable bonds is 4. The second-order valence-corrected chi connectivity index (χ2v) is 10.4. The van der Waals surface area contributed by atoms with Gasteiger partial charge in [0.1, 0.15) is 10.7 Å². The number of piperidine rings is 1. The molecule has 30 heavy (non-hydrogen) atoms. The van der Waals surface area contributed by atoms with Crippen LogP contribution in [0, 0.1) is 5.41 Å². The number of aromatic nitrogens is 1. The Balaban J connectivity index is 1.22. The van der Waals surface area contributed by atoms with E-state index in [0.29, 0.717) is 5.69 Å². The van der Waals surface area contributed by atoms with Gasteiger partial charge in [0.2, 0.25) is 5.91 Å². The maximum absolute atomic E-state index is 13.1. The molecule has 2 aromatic rings. The van der Waals surface area contributed by atoms with Crippen LogP contribution in [0.4, 0.5) is 0 Å². The van der Waals surface area contributed by atoms with Gasteiger partial charge in [-0.15, -0.1) is 11.3 Å². The number of benzene rings is 1. The van der Waals surface area contributed by atoms with Crippen molar-refractivity contribution in [2.45, 2.75) is 63.8 Å². The largest absolute Gasteiger partial charge is 0.347 e. The Morgan fingerprint density at radius 2 is 1.87 bits per heavy atom. The van der Waals surface area contributed by atoms with Gasteiger partial charge in [-0.25, -0.2) is 4.98 Å². The third-order valence-corrected chi connectivity index (χ3v) is 8.50. The fourth-order valence-corrected chi connectivity index (χ4v) is 5.82. The molecule has 2 heterocycles. The summed E-state index contributed by atoms with van der Waals surface area (Å²) in [5, 5.41) is 5.70. The van der Waals surface area contributed by atoms with Gasteiger partial charge < -0.3 is 10.2 Å². The van der Waals surface area contributed by atoms with Crippen LogP contribution in [0.5, 0.6) is 0 Å². The van der Waals surface area contributed by atoms with Crippen molar-refractivity contribution in [3.8, 4) is 0 Å². The van der Waals surface area contributed by atoms with E-state index in [2.05, 4.69) is 34.6 Å². The number of thiazole rings is 1. The summed E-state index contributed by atoms with van der Waals surface area (Å²) in [6.07, 6.45) is 6.31. The number of nitrogens with one attached hydrogen (secondary N) is 1. The van der Waals surface area contributed by atoms with E-state index in [4.69, 9.17) is 0 Å². The first-order valence-corrected chi connectivity index (χ1v) is 11.9. The molecule has 2 fully saturated rings. The van der Waals surface area contributed by atoms with Crippen molar-refractivity contribution in [3.05, 3.63) is 51.5 Å². The molecule has 0 bridgehead atoms. The number of likely N-dealkylation sites (tertiary alicyclic amines) is 1. The van der Waals surface area contributed by atoms with Crippen LogP contribution in [-0.2, 0) is 16.6 Å². The summed E-state index contributed by atoms with van der Waals surface area (Å²) in [6, 6.07) is 8.64. The molecule has 2 aliphatic carbocycles. The van der Waals surface area contributed by atoms with Crippen molar-refractivity contribution in [1.82, 2.24) is 15.2 Å². The number of carbonyl (C=O) groups excluding carboxylic acids is 2. The number of nitrogens with zero attached hydrogens (tertiary/aromatic N) is 2. The fourth-order valence-electron chi connectivity index (χ4n) is 5.02. The smallest absolute Gasteiger partial charge is 0.273 e. The van der Waals surface area contributed by atoms with Gasteiger partial charge in [0.05, 0.1) is 6.04 Å². The Bertz CT molecular complexity index is 986. The predicted octanol–water partition coefficient (Wildman–Crippen LogP) is 4.24. The Kier molecular flexibility index (Phi) is 4.73. The Labute approximate surface area is 181 Å². The van der Waals surface area contributed by atoms with Crippen molar-refractivity contribution >= 4 is 23.2 Å². The van der Waals surface area contributed by atoms with Crippen LogP contribution in [0.1, 0.15) is 78.6 Å². The Morgan fingerprint density at radius 1 is 1.13 bits per heavy atom. The monoisotopic (exact) mass is 423 g/mol. The number of carbonyl (C=O) groups is 2. The minimum Gasteiger partial charge on any atom is -0.347 e. The minimum absolute atomic E-state index is 0.0197. The van der Waals surface area contributed by atoms with Gasteiger partial charge >= 0.3 is 0 Å². The maximum atomic E-state index is 13.1. The van der Waals surface area contributed by atoms with Crippen molar-refractivity contribution < 1.29 is 9.59 Å². The van der Waals surface area contributed by atoms with E-state index in [9.17, 15) is 9.59 Å². The highest BCUT2D eigenvalue weighted by Crippen LogP contribution is 2.46. The molecular weight excluding hydrogens is 394 g/mol. The normalized spacial score (nSPS) is 21.9. The van der Waals surface area contributed by atoms with E-state index in [1.165, 1.54) is 28.9 Å². The fraction of sp³-hybridized carbons (Fsp3) is 0.542. The molecule has 6 heteroatoms. The topological polar surface area (TPSA) is 62.3 Å². The van der Waals surface area contributed by atoms with Gasteiger partial charge in [-0.1, -0.05) is 31.2 Å². The first-order valence-electron chi connectivity index (χ1n) is 11.0. The van der Waals surface area contributed by atoms with Crippen molar-refractivity contribution in [1.29, 1.82) is 0 Å². The third kappa shape index (κ3) is 3.35. The zero-order valence-corrected chi connectivity index (χ0v) is 18.6. The van der Waals surface area contributed by atoms with Crippen LogP contribution < -0.4 is 5.32 Å². The molecular formula is C24H29N3O2S. The molecule has 1 saturated carbocycles. The molecule has 1 aliphatic heterocycles. The standard InChI is InChI=1S/C24H29N3O2S/c1-16(25-22(29)23(2)9-10-23)20-26-19(15-30-20)21(28)27-13-11-24(12-14-27)8-7-17-5-3-4-6-18(17)24/h3-6,15-16H,7-14H2,1-2H3,(H,25,29)/t16-/m0/s1. The molecule has 0 radical (unpaired) electrons. The van der Waals surface area contributed by atoms with Crippen LogP contribution in [-0.4, -0.2) is 34.8 Å². The number of aryl methyl sites for hydroxylation is 1. The number of fused-ring (bicyclic) bond motifs is 2. The SMILES string of the molecule is C[C@H](NC(=O)C1(C)CC1)c1nc(C(=O)N2CCC3(CCc4ccccc43)CC2)cs1. The van der Waals surface area contributed by atoms with Crippen LogP contribution in [0.2, 0.25) is 0 Å². The molecule has 158 valence electrons. The molecule has 1 spiro atoms. The highest BCUT2D eigenvalue weighted by atomic mass is 32.1. The second kappa shape index (κ2) is 7.19. The van der Waals surface area contributed by atoms with E-state index in [0.717, 1.165) is 50.2 Å². The molecule has 2 amide bonds. The molecule has 1 aromatic carbocycles. The van der Waals surface area contributed by atoms with Crippen molar-refractivity contribution in [2.24, 2.45) is 5.41 Å². The van der Waals surface area contributed by atoms with Gasteiger partial charge in [-0.2, -0.15) is 0 Å². The van der Waals surface area contributed by atoms with E-state index in [1.807, 2.05) is 24.1 Å². The Hall–Kier alpha value is -2.21. The lowest BCUT2D eigenvalue weighted by Crippen LogP contribution is -2.44. The minimum atomic E-state index is -0.202. The van der Waals surface area contributed by atoms with E-state index in [-0.39, 0.29) is 28.7 Å². The molecule has 5 nitrogen and oxygen atoms in total. The first-order chi connectivity index (χ1) is 14.4. The lowest BCUT2D eigenvalue weighted by atomic mass is 9.74. The van der Waals surface area contributed by atoms with Crippen molar-refractivity contribution in [3.63, 3.8) is 0 Å². The van der Waals surface area contributed by atoms with Gasteiger partial charge in [0, 0.05) is 23.9 Å². The number of hydrogen-bond donors (Lipinski definition) is 1. The van der Waals surface area contributed by atoms with Gasteiger partial charge in [-0.3, -0.25) is 9.59 Å². The second-order valence-electron chi connectivity index (χ2n) is 9.56. The van der Waals surface area contributed by atoms with Crippen LogP contribution in [0.3, 0.4) is 0 Å². The zero-order chi connectivity index (χ0) is 20.9. The quantitative estimate of drug-likeness (QED) is 0.800. The summed E-state index contributed by atoms with van der Waals surface area (Å²) >= 11 is 1.46. The van der Waals surface area contributed by atoms with Crippen LogP contribution in [0.15, 0.2) is 29.6 Å². The average molecular weight is 424 g/mol. The summed E-state index contributed by atoms with van der Waals surface area (Å²) < 4.78 is 0.